The standard InChI is InChI=1S/C13H23N5OS.HI/c1-4-6-15-12(19)8-17-13(14-3)16-7-5-11-9-20-10(2)18-11;/h9H,4-8H2,1-3H3,(H,15,19)(H2,14,16,17);1H. The molecule has 120 valence electrons. The number of guanidine groups is 1. The van der Waals surface area contributed by atoms with Crippen LogP contribution < -0.4 is 16.0 Å². The van der Waals surface area contributed by atoms with E-state index in [1.807, 2.05) is 13.8 Å². The van der Waals surface area contributed by atoms with Gasteiger partial charge < -0.3 is 16.0 Å². The van der Waals surface area contributed by atoms with Gasteiger partial charge in [0.1, 0.15) is 0 Å². The molecule has 0 bridgehead atoms. The molecule has 1 aromatic heterocycles. The molecule has 1 aromatic rings. The number of aryl methyl sites for hydroxylation is 1. The number of aliphatic imine (C=N–C) groups is 1. The van der Waals surface area contributed by atoms with Crippen molar-refractivity contribution in [2.45, 2.75) is 26.7 Å². The maximum Gasteiger partial charge on any atom is 0.239 e. The monoisotopic (exact) mass is 425 g/mol. The maximum absolute atomic E-state index is 11.5. The number of aromatic nitrogens is 1. The minimum Gasteiger partial charge on any atom is -0.356 e. The van der Waals surface area contributed by atoms with Crippen LogP contribution in [-0.2, 0) is 11.2 Å². The van der Waals surface area contributed by atoms with Crippen LogP contribution in [0.1, 0.15) is 24.0 Å². The summed E-state index contributed by atoms with van der Waals surface area (Å²) in [4.78, 5) is 19.9. The third-order valence-electron chi connectivity index (χ3n) is 2.55. The number of hydrogen-bond donors (Lipinski definition) is 3. The highest BCUT2D eigenvalue weighted by molar-refractivity contribution is 14.0. The van der Waals surface area contributed by atoms with E-state index in [0.717, 1.165) is 30.1 Å². The van der Waals surface area contributed by atoms with Gasteiger partial charge in [0, 0.05) is 31.9 Å². The quantitative estimate of drug-likeness (QED) is 0.350. The summed E-state index contributed by atoms with van der Waals surface area (Å²) in [5.41, 5.74) is 1.08. The second-order valence-corrected chi connectivity index (χ2v) is 5.37. The van der Waals surface area contributed by atoms with Crippen molar-refractivity contribution in [3.8, 4) is 0 Å². The third-order valence-corrected chi connectivity index (χ3v) is 3.37. The minimum absolute atomic E-state index is 0. The second kappa shape index (κ2) is 11.7. The Morgan fingerprint density at radius 3 is 2.67 bits per heavy atom. The highest BCUT2D eigenvalue weighted by atomic mass is 127. The van der Waals surface area contributed by atoms with E-state index >= 15 is 0 Å². The first-order valence-electron chi connectivity index (χ1n) is 6.78. The molecular weight excluding hydrogens is 401 g/mol. The molecule has 0 saturated heterocycles. The van der Waals surface area contributed by atoms with Crippen molar-refractivity contribution in [2.24, 2.45) is 4.99 Å². The van der Waals surface area contributed by atoms with Crippen molar-refractivity contribution < 1.29 is 4.79 Å². The summed E-state index contributed by atoms with van der Waals surface area (Å²) in [5, 5.41) is 12.1. The van der Waals surface area contributed by atoms with E-state index in [1.54, 1.807) is 18.4 Å². The van der Waals surface area contributed by atoms with Gasteiger partial charge in [-0.2, -0.15) is 0 Å². The van der Waals surface area contributed by atoms with E-state index in [-0.39, 0.29) is 36.4 Å². The van der Waals surface area contributed by atoms with E-state index in [9.17, 15) is 4.79 Å². The van der Waals surface area contributed by atoms with Crippen molar-refractivity contribution in [2.75, 3.05) is 26.7 Å². The molecule has 0 fully saturated rings. The SMILES string of the molecule is CCCNC(=O)CNC(=NC)NCCc1csc(C)n1.I. The van der Waals surface area contributed by atoms with E-state index in [0.29, 0.717) is 12.5 Å². The Hall–Kier alpha value is -0.900. The highest BCUT2D eigenvalue weighted by Gasteiger charge is 2.03. The number of carbonyl (C=O) groups is 1. The molecule has 0 saturated carbocycles. The Bertz CT molecular complexity index is 450. The zero-order chi connectivity index (χ0) is 14.8. The summed E-state index contributed by atoms with van der Waals surface area (Å²) < 4.78 is 0. The lowest BCUT2D eigenvalue weighted by atomic mass is 10.3. The van der Waals surface area contributed by atoms with Crippen molar-refractivity contribution in [1.29, 1.82) is 0 Å². The Labute approximate surface area is 147 Å². The fourth-order valence-electron chi connectivity index (χ4n) is 1.54. The van der Waals surface area contributed by atoms with Crippen LogP contribution in [0.4, 0.5) is 0 Å². The summed E-state index contributed by atoms with van der Waals surface area (Å²) in [6.07, 6.45) is 1.78. The van der Waals surface area contributed by atoms with Gasteiger partial charge in [-0.1, -0.05) is 6.92 Å². The van der Waals surface area contributed by atoms with Gasteiger partial charge in [-0.3, -0.25) is 9.79 Å². The van der Waals surface area contributed by atoms with Gasteiger partial charge in [0.05, 0.1) is 17.2 Å². The number of halogens is 1. The summed E-state index contributed by atoms with van der Waals surface area (Å²) in [6.45, 7) is 5.69. The fourth-order valence-corrected chi connectivity index (χ4v) is 2.19. The topological polar surface area (TPSA) is 78.4 Å². The fraction of sp³-hybridized carbons (Fsp3) is 0.615. The normalized spacial score (nSPS) is 10.7. The van der Waals surface area contributed by atoms with Crippen LogP contribution in [0.5, 0.6) is 0 Å². The molecule has 0 aliphatic rings. The first kappa shape index (κ1) is 20.1. The first-order chi connectivity index (χ1) is 9.65. The number of carbonyl (C=O) groups excluding carboxylic acids is 1. The van der Waals surface area contributed by atoms with Crippen LogP contribution in [0.3, 0.4) is 0 Å². The van der Waals surface area contributed by atoms with E-state index in [4.69, 9.17) is 0 Å². The molecule has 3 N–H and O–H groups in total. The predicted molar refractivity (Wildman–Crippen MR) is 98.6 cm³/mol. The Morgan fingerprint density at radius 2 is 2.10 bits per heavy atom. The van der Waals surface area contributed by atoms with Gasteiger partial charge in [0.2, 0.25) is 5.91 Å². The Kier molecular flexibility index (Phi) is 11.2. The molecule has 0 atom stereocenters. The third kappa shape index (κ3) is 8.86. The van der Waals surface area contributed by atoms with Crippen molar-refractivity contribution in [1.82, 2.24) is 20.9 Å². The van der Waals surface area contributed by atoms with Crippen molar-refractivity contribution in [3.05, 3.63) is 16.1 Å². The molecular formula is C13H24IN5OS. The predicted octanol–water partition coefficient (Wildman–Crippen LogP) is 1.30. The molecule has 0 radical (unpaired) electrons. The molecule has 0 spiro atoms. The molecule has 0 aromatic carbocycles. The zero-order valence-corrected chi connectivity index (χ0v) is 15.9. The largest absolute Gasteiger partial charge is 0.356 e. The Morgan fingerprint density at radius 1 is 1.33 bits per heavy atom. The lowest BCUT2D eigenvalue weighted by Gasteiger charge is -2.11. The van der Waals surface area contributed by atoms with Crippen molar-refractivity contribution >= 4 is 47.2 Å². The Balaban J connectivity index is 0.00000400. The lowest BCUT2D eigenvalue weighted by molar-refractivity contribution is -0.120. The average molecular weight is 425 g/mol. The number of rotatable bonds is 7. The van der Waals surface area contributed by atoms with Crippen LogP contribution in [-0.4, -0.2) is 43.5 Å². The molecule has 0 aliphatic carbocycles. The van der Waals surface area contributed by atoms with Gasteiger partial charge >= 0.3 is 0 Å². The minimum atomic E-state index is -0.0232. The molecule has 0 unspecified atom stereocenters. The first-order valence-corrected chi connectivity index (χ1v) is 7.66. The lowest BCUT2D eigenvalue weighted by Crippen LogP contribution is -2.43. The van der Waals surface area contributed by atoms with Crippen LogP contribution in [0.15, 0.2) is 10.4 Å². The van der Waals surface area contributed by atoms with Gasteiger partial charge in [-0.15, -0.1) is 35.3 Å². The zero-order valence-electron chi connectivity index (χ0n) is 12.7. The van der Waals surface area contributed by atoms with Crippen LogP contribution in [0.2, 0.25) is 0 Å². The van der Waals surface area contributed by atoms with Crippen LogP contribution >= 0.6 is 35.3 Å². The van der Waals surface area contributed by atoms with Gasteiger partial charge in [-0.25, -0.2) is 4.98 Å². The van der Waals surface area contributed by atoms with E-state index in [1.165, 1.54) is 0 Å². The van der Waals surface area contributed by atoms with Crippen LogP contribution in [0.25, 0.3) is 0 Å². The number of nitrogens with zero attached hydrogens (tertiary/aromatic N) is 2. The molecule has 8 heteroatoms. The molecule has 1 heterocycles. The van der Waals surface area contributed by atoms with E-state index in [2.05, 4.69) is 31.3 Å². The van der Waals surface area contributed by atoms with E-state index < -0.39 is 0 Å². The summed E-state index contributed by atoms with van der Waals surface area (Å²) in [5.74, 6) is 0.605. The summed E-state index contributed by atoms with van der Waals surface area (Å²) in [6, 6.07) is 0. The highest BCUT2D eigenvalue weighted by Crippen LogP contribution is 2.07. The average Bonchev–Trinajstić information content (AvgIpc) is 2.85. The number of amides is 1. The molecule has 0 aliphatic heterocycles. The molecule has 1 rings (SSSR count). The molecule has 21 heavy (non-hydrogen) atoms. The number of thiazole rings is 1. The smallest absolute Gasteiger partial charge is 0.239 e. The maximum atomic E-state index is 11.5. The molecule has 1 amide bonds. The molecule has 6 nitrogen and oxygen atoms in total. The van der Waals surface area contributed by atoms with Gasteiger partial charge in [-0.05, 0) is 13.3 Å². The van der Waals surface area contributed by atoms with Gasteiger partial charge in [0.25, 0.3) is 0 Å². The number of nitrogens with one attached hydrogen (secondary N) is 3. The summed E-state index contributed by atoms with van der Waals surface area (Å²) in [7, 11) is 1.69. The van der Waals surface area contributed by atoms with Gasteiger partial charge in [0.15, 0.2) is 5.96 Å². The van der Waals surface area contributed by atoms with Crippen molar-refractivity contribution in [3.63, 3.8) is 0 Å². The number of hydrogen-bond acceptors (Lipinski definition) is 4. The summed E-state index contributed by atoms with van der Waals surface area (Å²) >= 11 is 1.65. The second-order valence-electron chi connectivity index (χ2n) is 4.31. The van der Waals surface area contributed by atoms with Crippen LogP contribution in [0, 0.1) is 6.92 Å².